The van der Waals surface area contributed by atoms with Crippen molar-refractivity contribution in [2.45, 2.75) is 12.3 Å². The zero-order valence-electron chi connectivity index (χ0n) is 9.11. The van der Waals surface area contributed by atoms with Gasteiger partial charge in [-0.2, -0.15) is 12.6 Å². The standard InChI is InChI=1S/C11H17NOS/c1-8-5-6-10(13-4)9(7-8)11(14)12(2)3/h5-7,11,14H,1-4H3. The fourth-order valence-corrected chi connectivity index (χ4v) is 1.54. The van der Waals surface area contributed by atoms with Gasteiger partial charge >= 0.3 is 0 Å². The summed E-state index contributed by atoms with van der Waals surface area (Å²) in [6.45, 7) is 2.07. The lowest BCUT2D eigenvalue weighted by molar-refractivity contribution is 0.366. The fraction of sp³-hybridized carbons (Fsp3) is 0.455. The van der Waals surface area contributed by atoms with Gasteiger partial charge in [0.2, 0.25) is 0 Å². The van der Waals surface area contributed by atoms with Gasteiger partial charge in [0, 0.05) is 5.56 Å². The van der Waals surface area contributed by atoms with E-state index in [9.17, 15) is 0 Å². The van der Waals surface area contributed by atoms with Crippen LogP contribution in [0.4, 0.5) is 0 Å². The van der Waals surface area contributed by atoms with Crippen LogP contribution in [0.5, 0.6) is 5.75 Å². The predicted molar refractivity (Wildman–Crippen MR) is 63.1 cm³/mol. The second kappa shape index (κ2) is 4.71. The van der Waals surface area contributed by atoms with Crippen molar-refractivity contribution in [2.75, 3.05) is 21.2 Å². The first-order valence-corrected chi connectivity index (χ1v) is 5.07. The Hall–Kier alpha value is -0.670. The molecule has 1 atom stereocenters. The maximum absolute atomic E-state index is 5.30. The van der Waals surface area contributed by atoms with Gasteiger partial charge in [-0.05, 0) is 33.2 Å². The molecule has 0 N–H and O–H groups in total. The number of hydrogen-bond acceptors (Lipinski definition) is 3. The molecule has 0 aromatic heterocycles. The van der Waals surface area contributed by atoms with E-state index in [1.165, 1.54) is 5.56 Å². The molecule has 0 aliphatic rings. The summed E-state index contributed by atoms with van der Waals surface area (Å²) in [5.74, 6) is 0.893. The van der Waals surface area contributed by atoms with Gasteiger partial charge in [0.05, 0.1) is 12.5 Å². The number of methoxy groups -OCH3 is 1. The molecule has 0 aliphatic carbocycles. The molecule has 0 spiro atoms. The Morgan fingerprint density at radius 1 is 1.36 bits per heavy atom. The average Bonchev–Trinajstić information content (AvgIpc) is 2.16. The summed E-state index contributed by atoms with van der Waals surface area (Å²) < 4.78 is 5.30. The minimum Gasteiger partial charge on any atom is -0.496 e. The van der Waals surface area contributed by atoms with Crippen molar-refractivity contribution in [1.29, 1.82) is 0 Å². The van der Waals surface area contributed by atoms with Crippen LogP contribution in [-0.2, 0) is 0 Å². The Kier molecular flexibility index (Phi) is 3.84. The molecule has 1 aromatic carbocycles. The molecule has 78 valence electrons. The molecule has 3 heteroatoms. The average molecular weight is 211 g/mol. The van der Waals surface area contributed by atoms with Crippen LogP contribution in [0, 0.1) is 6.92 Å². The zero-order chi connectivity index (χ0) is 10.7. The van der Waals surface area contributed by atoms with Gasteiger partial charge in [-0.1, -0.05) is 11.6 Å². The third-order valence-electron chi connectivity index (χ3n) is 2.15. The molecule has 0 saturated carbocycles. The Labute approximate surface area is 91.3 Å². The lowest BCUT2D eigenvalue weighted by Gasteiger charge is -2.21. The molecular weight excluding hydrogens is 194 g/mol. The van der Waals surface area contributed by atoms with E-state index in [2.05, 4.69) is 25.6 Å². The summed E-state index contributed by atoms with van der Waals surface area (Å²) in [7, 11) is 5.68. The van der Waals surface area contributed by atoms with E-state index in [1.807, 2.05) is 31.1 Å². The molecule has 14 heavy (non-hydrogen) atoms. The molecule has 0 bridgehead atoms. The van der Waals surface area contributed by atoms with Crippen molar-refractivity contribution in [3.8, 4) is 5.75 Å². The van der Waals surface area contributed by atoms with Crippen LogP contribution in [0.15, 0.2) is 18.2 Å². The summed E-state index contributed by atoms with van der Waals surface area (Å²) in [5.41, 5.74) is 2.34. The molecule has 0 fully saturated rings. The number of aryl methyl sites for hydroxylation is 1. The normalized spacial score (nSPS) is 13.0. The number of ether oxygens (including phenoxy) is 1. The van der Waals surface area contributed by atoms with Gasteiger partial charge in [0.25, 0.3) is 0 Å². The molecule has 0 aliphatic heterocycles. The van der Waals surface area contributed by atoms with Crippen molar-refractivity contribution < 1.29 is 4.74 Å². The van der Waals surface area contributed by atoms with Crippen molar-refractivity contribution in [3.05, 3.63) is 29.3 Å². The van der Waals surface area contributed by atoms with Gasteiger partial charge in [-0.25, -0.2) is 0 Å². The second-order valence-electron chi connectivity index (χ2n) is 3.58. The molecule has 1 rings (SSSR count). The van der Waals surface area contributed by atoms with Crippen LogP contribution in [0.3, 0.4) is 0 Å². The topological polar surface area (TPSA) is 12.5 Å². The first kappa shape index (κ1) is 11.4. The molecular formula is C11H17NOS. The van der Waals surface area contributed by atoms with Crippen molar-refractivity contribution in [1.82, 2.24) is 4.90 Å². The van der Waals surface area contributed by atoms with Gasteiger partial charge < -0.3 is 4.74 Å². The molecule has 1 aromatic rings. The van der Waals surface area contributed by atoms with Crippen molar-refractivity contribution in [3.63, 3.8) is 0 Å². The fourth-order valence-electron chi connectivity index (χ4n) is 1.33. The second-order valence-corrected chi connectivity index (χ2v) is 4.07. The molecule has 2 nitrogen and oxygen atoms in total. The van der Waals surface area contributed by atoms with E-state index in [0.29, 0.717) is 0 Å². The van der Waals surface area contributed by atoms with Gasteiger partial charge in [0.15, 0.2) is 0 Å². The highest BCUT2D eigenvalue weighted by Crippen LogP contribution is 2.31. The molecule has 0 saturated heterocycles. The highest BCUT2D eigenvalue weighted by Gasteiger charge is 2.13. The number of rotatable bonds is 3. The highest BCUT2D eigenvalue weighted by molar-refractivity contribution is 7.80. The molecule has 0 radical (unpaired) electrons. The number of hydrogen-bond donors (Lipinski definition) is 1. The number of benzene rings is 1. The summed E-state index contributed by atoms with van der Waals surface area (Å²) >= 11 is 4.53. The Bertz CT molecular complexity index is 312. The third kappa shape index (κ3) is 2.42. The summed E-state index contributed by atoms with van der Waals surface area (Å²) in [5, 5.41) is 0.0739. The maximum Gasteiger partial charge on any atom is 0.124 e. The summed E-state index contributed by atoms with van der Waals surface area (Å²) in [4.78, 5) is 2.04. The first-order chi connectivity index (χ1) is 6.56. The minimum absolute atomic E-state index is 0.0739. The lowest BCUT2D eigenvalue weighted by Crippen LogP contribution is -2.15. The maximum atomic E-state index is 5.30. The van der Waals surface area contributed by atoms with Crippen molar-refractivity contribution >= 4 is 12.6 Å². The van der Waals surface area contributed by atoms with Crippen LogP contribution < -0.4 is 4.74 Å². The van der Waals surface area contributed by atoms with E-state index in [-0.39, 0.29) is 5.37 Å². The van der Waals surface area contributed by atoms with Gasteiger partial charge in [0.1, 0.15) is 5.75 Å². The van der Waals surface area contributed by atoms with Crippen LogP contribution in [0.1, 0.15) is 16.5 Å². The Balaban J connectivity index is 3.10. The highest BCUT2D eigenvalue weighted by atomic mass is 32.1. The molecule has 1 unspecified atom stereocenters. The predicted octanol–water partition coefficient (Wildman–Crippen LogP) is 2.49. The summed E-state index contributed by atoms with van der Waals surface area (Å²) in [6, 6.07) is 6.13. The zero-order valence-corrected chi connectivity index (χ0v) is 10.0. The van der Waals surface area contributed by atoms with E-state index < -0.39 is 0 Å². The van der Waals surface area contributed by atoms with E-state index >= 15 is 0 Å². The van der Waals surface area contributed by atoms with Crippen LogP contribution in [-0.4, -0.2) is 26.1 Å². The lowest BCUT2D eigenvalue weighted by atomic mass is 10.1. The number of nitrogens with zero attached hydrogens (tertiary/aromatic N) is 1. The Morgan fingerprint density at radius 3 is 2.50 bits per heavy atom. The number of thiol groups is 1. The van der Waals surface area contributed by atoms with E-state index in [0.717, 1.165) is 11.3 Å². The molecule has 0 amide bonds. The monoisotopic (exact) mass is 211 g/mol. The van der Waals surface area contributed by atoms with E-state index in [4.69, 9.17) is 4.74 Å². The Morgan fingerprint density at radius 2 is 2.00 bits per heavy atom. The van der Waals surface area contributed by atoms with Crippen LogP contribution >= 0.6 is 12.6 Å². The van der Waals surface area contributed by atoms with Gasteiger partial charge in [-0.15, -0.1) is 0 Å². The largest absolute Gasteiger partial charge is 0.496 e. The third-order valence-corrected chi connectivity index (χ3v) is 2.89. The SMILES string of the molecule is COc1ccc(C)cc1C(S)N(C)C. The van der Waals surface area contributed by atoms with Crippen LogP contribution in [0.25, 0.3) is 0 Å². The smallest absolute Gasteiger partial charge is 0.124 e. The van der Waals surface area contributed by atoms with Crippen LogP contribution in [0.2, 0.25) is 0 Å². The van der Waals surface area contributed by atoms with Crippen molar-refractivity contribution in [2.24, 2.45) is 0 Å². The first-order valence-electron chi connectivity index (χ1n) is 4.55. The quantitative estimate of drug-likeness (QED) is 0.609. The molecule has 0 heterocycles. The minimum atomic E-state index is 0.0739. The van der Waals surface area contributed by atoms with Gasteiger partial charge in [-0.3, -0.25) is 4.90 Å². The summed E-state index contributed by atoms with van der Waals surface area (Å²) in [6.07, 6.45) is 0. The van der Waals surface area contributed by atoms with E-state index in [1.54, 1.807) is 7.11 Å².